The monoisotopic (exact) mass is 375 g/mol. The Labute approximate surface area is 155 Å². The van der Waals surface area contributed by atoms with E-state index in [0.717, 1.165) is 30.4 Å². The van der Waals surface area contributed by atoms with E-state index in [1.807, 2.05) is 0 Å². The maximum Gasteiger partial charge on any atom is 0.387 e. The van der Waals surface area contributed by atoms with Crippen LogP contribution in [0, 0.1) is 0 Å². The Kier molecular flexibility index (Phi) is 5.69. The summed E-state index contributed by atoms with van der Waals surface area (Å²) >= 11 is 0. The van der Waals surface area contributed by atoms with Crippen molar-refractivity contribution in [1.82, 2.24) is 5.32 Å². The van der Waals surface area contributed by atoms with Gasteiger partial charge >= 0.3 is 12.6 Å². The molecule has 27 heavy (non-hydrogen) atoms. The zero-order chi connectivity index (χ0) is 19.4. The Morgan fingerprint density at radius 3 is 2.59 bits per heavy atom. The first-order valence-electron chi connectivity index (χ1n) is 8.61. The SMILES string of the molecule is O=C(Cc1ccc(C(=O)O)cc1)NC1CCCc2cc(OC(F)F)ccc21. The lowest BCUT2D eigenvalue weighted by molar-refractivity contribution is -0.121. The summed E-state index contributed by atoms with van der Waals surface area (Å²) in [7, 11) is 0. The van der Waals surface area contributed by atoms with Crippen LogP contribution in [-0.2, 0) is 17.6 Å². The predicted molar refractivity (Wildman–Crippen MR) is 94.0 cm³/mol. The zero-order valence-electron chi connectivity index (χ0n) is 14.5. The average Bonchev–Trinajstić information content (AvgIpc) is 2.61. The second-order valence-corrected chi connectivity index (χ2v) is 6.43. The van der Waals surface area contributed by atoms with Crippen molar-refractivity contribution >= 4 is 11.9 Å². The number of hydrogen-bond acceptors (Lipinski definition) is 3. The molecule has 0 fully saturated rings. The summed E-state index contributed by atoms with van der Waals surface area (Å²) in [4.78, 5) is 23.2. The van der Waals surface area contributed by atoms with Gasteiger partial charge in [-0.05, 0) is 60.2 Å². The summed E-state index contributed by atoms with van der Waals surface area (Å²) in [5.74, 6) is -1.07. The fraction of sp³-hybridized carbons (Fsp3) is 0.300. The normalized spacial score (nSPS) is 15.9. The van der Waals surface area contributed by atoms with E-state index in [0.29, 0.717) is 5.56 Å². The number of halogens is 2. The standard InChI is InChI=1S/C20H19F2NO4/c21-20(22)27-15-8-9-16-14(11-15)2-1-3-17(16)23-18(24)10-12-4-6-13(7-5-12)19(25)26/h4-9,11,17,20H,1-3,10H2,(H,23,24)(H,25,26). The summed E-state index contributed by atoms with van der Waals surface area (Å²) < 4.78 is 29.2. The lowest BCUT2D eigenvalue weighted by Gasteiger charge is -2.27. The van der Waals surface area contributed by atoms with E-state index in [2.05, 4.69) is 10.1 Å². The molecule has 1 atom stereocenters. The number of hydrogen-bond donors (Lipinski definition) is 2. The first-order chi connectivity index (χ1) is 12.9. The molecule has 1 aliphatic carbocycles. The molecule has 0 radical (unpaired) electrons. The van der Waals surface area contributed by atoms with Crippen molar-refractivity contribution in [2.24, 2.45) is 0 Å². The minimum absolute atomic E-state index is 0.120. The molecule has 0 saturated heterocycles. The van der Waals surface area contributed by atoms with Crippen LogP contribution in [0.2, 0.25) is 0 Å². The molecule has 0 heterocycles. The maximum absolute atomic E-state index is 12.4. The number of ether oxygens (including phenoxy) is 1. The van der Waals surface area contributed by atoms with Gasteiger partial charge in [0.15, 0.2) is 0 Å². The number of benzene rings is 2. The van der Waals surface area contributed by atoms with Crippen molar-refractivity contribution in [3.63, 3.8) is 0 Å². The topological polar surface area (TPSA) is 75.6 Å². The number of rotatable bonds is 6. The van der Waals surface area contributed by atoms with Crippen LogP contribution in [0.1, 0.15) is 45.9 Å². The summed E-state index contributed by atoms with van der Waals surface area (Å²) in [6.45, 7) is -2.87. The van der Waals surface area contributed by atoms with Crippen LogP contribution < -0.4 is 10.1 Å². The summed E-state index contributed by atoms with van der Waals surface area (Å²) in [5, 5.41) is 11.9. The van der Waals surface area contributed by atoms with Crippen LogP contribution in [0.25, 0.3) is 0 Å². The number of carboxylic acids is 1. The number of carboxylic acid groups (broad SMARTS) is 1. The highest BCUT2D eigenvalue weighted by atomic mass is 19.3. The average molecular weight is 375 g/mol. The number of alkyl halides is 2. The number of fused-ring (bicyclic) bond motifs is 1. The molecule has 0 spiro atoms. The molecule has 0 aliphatic heterocycles. The van der Waals surface area contributed by atoms with E-state index in [1.165, 1.54) is 18.2 Å². The van der Waals surface area contributed by atoms with Crippen molar-refractivity contribution in [1.29, 1.82) is 0 Å². The van der Waals surface area contributed by atoms with Crippen molar-refractivity contribution in [3.8, 4) is 5.75 Å². The van der Waals surface area contributed by atoms with Gasteiger partial charge in [0.1, 0.15) is 5.75 Å². The van der Waals surface area contributed by atoms with E-state index in [4.69, 9.17) is 5.11 Å². The number of carbonyl (C=O) groups excluding carboxylic acids is 1. The minimum atomic E-state index is -2.87. The van der Waals surface area contributed by atoms with Crippen LogP contribution >= 0.6 is 0 Å². The molecule has 1 amide bonds. The molecule has 0 aromatic heterocycles. The van der Waals surface area contributed by atoms with E-state index >= 15 is 0 Å². The molecule has 2 N–H and O–H groups in total. The zero-order valence-corrected chi connectivity index (χ0v) is 14.5. The second-order valence-electron chi connectivity index (χ2n) is 6.43. The van der Waals surface area contributed by atoms with Gasteiger partial charge in [0.25, 0.3) is 0 Å². The fourth-order valence-electron chi connectivity index (χ4n) is 3.31. The number of nitrogens with one attached hydrogen (secondary N) is 1. The Bertz CT molecular complexity index is 836. The van der Waals surface area contributed by atoms with Gasteiger partial charge < -0.3 is 15.2 Å². The largest absolute Gasteiger partial charge is 0.478 e. The summed E-state index contributed by atoms with van der Waals surface area (Å²) in [6.07, 6.45) is 2.49. The van der Waals surface area contributed by atoms with E-state index in [1.54, 1.807) is 24.3 Å². The molecular formula is C20H19F2NO4. The molecule has 2 aromatic carbocycles. The highest BCUT2D eigenvalue weighted by Crippen LogP contribution is 2.32. The van der Waals surface area contributed by atoms with E-state index in [-0.39, 0.29) is 29.7 Å². The van der Waals surface area contributed by atoms with Crippen LogP contribution in [0.3, 0.4) is 0 Å². The predicted octanol–water partition coefficient (Wildman–Crippen LogP) is 3.72. The molecule has 5 nitrogen and oxygen atoms in total. The van der Waals surface area contributed by atoms with E-state index in [9.17, 15) is 18.4 Å². The summed E-state index contributed by atoms with van der Waals surface area (Å²) in [5.41, 5.74) is 2.70. The third-order valence-corrected chi connectivity index (χ3v) is 4.55. The fourth-order valence-corrected chi connectivity index (χ4v) is 3.31. The van der Waals surface area contributed by atoms with Gasteiger partial charge in [-0.25, -0.2) is 4.79 Å². The third kappa shape index (κ3) is 4.81. The maximum atomic E-state index is 12.4. The molecule has 1 unspecified atom stereocenters. The Morgan fingerprint density at radius 1 is 1.19 bits per heavy atom. The van der Waals surface area contributed by atoms with Crippen LogP contribution in [0.4, 0.5) is 8.78 Å². The molecule has 7 heteroatoms. The van der Waals surface area contributed by atoms with Crippen molar-refractivity contribution in [2.75, 3.05) is 0 Å². The van der Waals surface area contributed by atoms with Gasteiger partial charge in [0.05, 0.1) is 18.0 Å². The lowest BCUT2D eigenvalue weighted by atomic mass is 9.87. The van der Waals surface area contributed by atoms with Crippen LogP contribution in [0.5, 0.6) is 5.75 Å². The summed E-state index contributed by atoms with van der Waals surface area (Å²) in [6, 6.07) is 10.8. The second kappa shape index (κ2) is 8.16. The van der Waals surface area contributed by atoms with Crippen molar-refractivity contribution in [3.05, 3.63) is 64.7 Å². The van der Waals surface area contributed by atoms with Gasteiger partial charge in [-0.1, -0.05) is 18.2 Å². The number of aryl methyl sites for hydroxylation is 1. The van der Waals surface area contributed by atoms with Crippen LogP contribution in [-0.4, -0.2) is 23.6 Å². The molecule has 0 bridgehead atoms. The Morgan fingerprint density at radius 2 is 1.93 bits per heavy atom. The smallest absolute Gasteiger partial charge is 0.387 e. The molecule has 142 valence electrons. The highest BCUT2D eigenvalue weighted by molar-refractivity contribution is 5.87. The van der Waals surface area contributed by atoms with Crippen LogP contribution in [0.15, 0.2) is 42.5 Å². The molecular weight excluding hydrogens is 356 g/mol. The molecule has 0 saturated carbocycles. The van der Waals surface area contributed by atoms with Gasteiger partial charge in [-0.2, -0.15) is 8.78 Å². The quantitative estimate of drug-likeness (QED) is 0.807. The third-order valence-electron chi connectivity index (χ3n) is 4.55. The highest BCUT2D eigenvalue weighted by Gasteiger charge is 2.22. The molecule has 1 aliphatic rings. The Hall–Kier alpha value is -2.96. The number of carbonyl (C=O) groups is 2. The number of aromatic carboxylic acids is 1. The van der Waals surface area contributed by atoms with Gasteiger partial charge in [-0.15, -0.1) is 0 Å². The van der Waals surface area contributed by atoms with E-state index < -0.39 is 12.6 Å². The van der Waals surface area contributed by atoms with Gasteiger partial charge in [-0.3, -0.25) is 4.79 Å². The van der Waals surface area contributed by atoms with Crippen molar-refractivity contribution in [2.45, 2.75) is 38.3 Å². The van der Waals surface area contributed by atoms with Gasteiger partial charge in [0, 0.05) is 0 Å². The minimum Gasteiger partial charge on any atom is -0.478 e. The first kappa shape index (κ1) is 18.8. The van der Waals surface area contributed by atoms with Gasteiger partial charge in [0.2, 0.25) is 5.91 Å². The number of amides is 1. The molecule has 2 aromatic rings. The Balaban J connectivity index is 1.66. The lowest BCUT2D eigenvalue weighted by Crippen LogP contribution is -2.32. The molecule has 3 rings (SSSR count). The first-order valence-corrected chi connectivity index (χ1v) is 8.61. The van der Waals surface area contributed by atoms with Crippen molar-refractivity contribution < 1.29 is 28.2 Å².